The molecule has 2 N–H and O–H groups in total. The molecular formula is C24H24ClN3O4S2. The van der Waals surface area contributed by atoms with Crippen molar-refractivity contribution in [1.29, 1.82) is 0 Å². The third kappa shape index (κ3) is 4.88. The van der Waals surface area contributed by atoms with Crippen LogP contribution in [-0.4, -0.2) is 24.2 Å². The minimum atomic E-state index is -3.30. The molecule has 0 aliphatic heterocycles. The lowest BCUT2D eigenvalue weighted by atomic mass is 9.84. The highest BCUT2D eigenvalue weighted by atomic mass is 35.5. The fraction of sp³-hybridized carbons (Fsp3) is 0.250. The van der Waals surface area contributed by atoms with E-state index in [0.717, 1.165) is 37.6 Å². The van der Waals surface area contributed by atoms with Crippen LogP contribution in [0.5, 0.6) is 0 Å². The fourth-order valence-corrected chi connectivity index (χ4v) is 5.68. The van der Waals surface area contributed by atoms with E-state index in [1.807, 2.05) is 44.4 Å². The van der Waals surface area contributed by atoms with Crippen LogP contribution < -0.4 is 16.0 Å². The second-order valence-electron chi connectivity index (χ2n) is 9.13. The number of hydrogen-bond acceptors (Lipinski definition) is 5. The lowest BCUT2D eigenvalue weighted by molar-refractivity contribution is 0.587. The maximum atomic E-state index is 12.5. The normalized spacial score (nSPS) is 12.4. The molecule has 4 rings (SSSR count). The summed E-state index contributed by atoms with van der Waals surface area (Å²) in [5.41, 5.74) is 2.34. The van der Waals surface area contributed by atoms with Crippen molar-refractivity contribution in [1.82, 2.24) is 14.3 Å². The highest BCUT2D eigenvalue weighted by Gasteiger charge is 2.23. The lowest BCUT2D eigenvalue weighted by Gasteiger charge is -2.24. The number of fused-ring (bicyclic) bond motifs is 1. The van der Waals surface area contributed by atoms with E-state index in [-0.39, 0.29) is 12.0 Å². The summed E-state index contributed by atoms with van der Waals surface area (Å²) in [5.74, 6) is 0. The quantitative estimate of drug-likeness (QED) is 0.409. The van der Waals surface area contributed by atoms with E-state index in [9.17, 15) is 18.0 Å². The third-order valence-corrected chi connectivity index (χ3v) is 7.54. The van der Waals surface area contributed by atoms with Gasteiger partial charge in [0.25, 0.3) is 5.56 Å². The molecule has 10 heteroatoms. The summed E-state index contributed by atoms with van der Waals surface area (Å²) in [7, 11) is -3.30. The van der Waals surface area contributed by atoms with Crippen LogP contribution in [0.2, 0.25) is 5.02 Å². The average molecular weight is 518 g/mol. The van der Waals surface area contributed by atoms with Gasteiger partial charge in [-0.25, -0.2) is 22.5 Å². The van der Waals surface area contributed by atoms with Crippen molar-refractivity contribution in [2.45, 2.75) is 32.7 Å². The Morgan fingerprint density at radius 1 is 1.12 bits per heavy atom. The first-order valence-electron chi connectivity index (χ1n) is 10.5. The van der Waals surface area contributed by atoms with Gasteiger partial charge in [-0.3, -0.25) is 4.79 Å². The van der Waals surface area contributed by atoms with Crippen LogP contribution in [0, 0.1) is 0 Å². The summed E-state index contributed by atoms with van der Waals surface area (Å²) in [6.45, 7) is 6.26. The second-order valence-corrected chi connectivity index (χ2v) is 12.2. The highest BCUT2D eigenvalue weighted by molar-refractivity contribution is 7.88. The Kier molecular flexibility index (Phi) is 6.32. The van der Waals surface area contributed by atoms with Gasteiger partial charge in [-0.1, -0.05) is 44.5 Å². The second kappa shape index (κ2) is 8.81. The first-order chi connectivity index (χ1) is 15.8. The van der Waals surface area contributed by atoms with E-state index in [2.05, 4.69) is 9.71 Å². The zero-order chi connectivity index (χ0) is 24.8. The predicted octanol–water partition coefficient (Wildman–Crippen LogP) is 4.41. The largest absolute Gasteiger partial charge is 0.332 e. The number of halogens is 1. The van der Waals surface area contributed by atoms with Crippen molar-refractivity contribution in [2.24, 2.45) is 0 Å². The number of nitrogens with one attached hydrogen (secondary N) is 2. The lowest BCUT2D eigenvalue weighted by Crippen LogP contribution is -2.32. The topological polar surface area (TPSA) is 101 Å². The van der Waals surface area contributed by atoms with Gasteiger partial charge < -0.3 is 4.98 Å². The number of H-pyrrole nitrogens is 1. The molecule has 34 heavy (non-hydrogen) atoms. The molecule has 0 amide bonds. The fourth-order valence-electron chi connectivity index (χ4n) is 3.76. The molecule has 0 aliphatic rings. The summed E-state index contributed by atoms with van der Waals surface area (Å²) < 4.78 is 27.5. The van der Waals surface area contributed by atoms with Crippen molar-refractivity contribution >= 4 is 43.0 Å². The standard InChI is InChI=1S/C24H24ClN3O4S2/c1-24(2,3)19-11-16(28-21(29)7-8-26-23(28)30)10-18(22(19)25)14-5-6-17-15(12-27-34(4,31)32)13-33-20(17)9-14/h5-11,13,27H,12H2,1-4H3,(H,26,30). The number of nitrogens with zero attached hydrogens (tertiary/aromatic N) is 1. The Balaban J connectivity index is 1.90. The summed E-state index contributed by atoms with van der Waals surface area (Å²) >= 11 is 8.38. The van der Waals surface area contributed by atoms with Crippen LogP contribution in [0.25, 0.3) is 26.9 Å². The first-order valence-corrected chi connectivity index (χ1v) is 13.6. The van der Waals surface area contributed by atoms with Gasteiger partial charge in [-0.2, -0.15) is 0 Å². The van der Waals surface area contributed by atoms with E-state index >= 15 is 0 Å². The maximum Gasteiger partial charge on any atom is 0.332 e. The van der Waals surface area contributed by atoms with Crippen molar-refractivity contribution in [2.75, 3.05) is 6.26 Å². The first kappa shape index (κ1) is 24.4. The Hall–Kier alpha value is -2.72. The predicted molar refractivity (Wildman–Crippen MR) is 139 cm³/mol. The third-order valence-electron chi connectivity index (χ3n) is 5.47. The zero-order valence-electron chi connectivity index (χ0n) is 19.1. The SMILES string of the molecule is CC(C)(C)c1cc(-n2c(=O)cc[nH]c2=O)cc(-c2ccc3c(CNS(C)(=O)=O)csc3c2)c1Cl. The maximum absolute atomic E-state index is 12.5. The number of aromatic amines is 1. The van der Waals surface area contributed by atoms with Gasteiger partial charge in [0.2, 0.25) is 10.0 Å². The minimum Gasteiger partial charge on any atom is -0.314 e. The van der Waals surface area contributed by atoms with Crippen LogP contribution in [0.3, 0.4) is 0 Å². The van der Waals surface area contributed by atoms with Crippen LogP contribution in [0.4, 0.5) is 0 Å². The molecule has 2 aromatic carbocycles. The van der Waals surface area contributed by atoms with Crippen LogP contribution >= 0.6 is 22.9 Å². The van der Waals surface area contributed by atoms with Gasteiger partial charge in [0.1, 0.15) is 0 Å². The summed E-state index contributed by atoms with van der Waals surface area (Å²) in [5, 5.41) is 3.42. The van der Waals surface area contributed by atoms with Crippen molar-refractivity contribution < 1.29 is 8.42 Å². The minimum absolute atomic E-state index is 0.211. The summed E-state index contributed by atoms with van der Waals surface area (Å²) in [4.78, 5) is 27.5. The Labute approximate surface area is 206 Å². The monoisotopic (exact) mass is 517 g/mol. The molecule has 0 unspecified atom stereocenters. The molecule has 7 nitrogen and oxygen atoms in total. The van der Waals surface area contributed by atoms with E-state index in [1.165, 1.54) is 23.6 Å². The van der Waals surface area contributed by atoms with E-state index < -0.39 is 21.3 Å². The molecule has 178 valence electrons. The van der Waals surface area contributed by atoms with Crippen molar-refractivity contribution in [3.8, 4) is 16.8 Å². The van der Waals surface area contributed by atoms with Crippen molar-refractivity contribution in [3.05, 3.63) is 85.0 Å². The van der Waals surface area contributed by atoms with E-state index in [1.54, 1.807) is 12.1 Å². The number of benzene rings is 2. The zero-order valence-corrected chi connectivity index (χ0v) is 21.5. The number of rotatable bonds is 5. The summed E-state index contributed by atoms with van der Waals surface area (Å²) in [6, 6.07) is 10.7. The smallest absolute Gasteiger partial charge is 0.314 e. The number of sulfonamides is 1. The van der Waals surface area contributed by atoms with Crippen molar-refractivity contribution in [3.63, 3.8) is 0 Å². The molecular weight excluding hydrogens is 494 g/mol. The van der Waals surface area contributed by atoms with Gasteiger partial charge in [0, 0.05) is 29.1 Å². The van der Waals surface area contributed by atoms with Gasteiger partial charge in [0.15, 0.2) is 0 Å². The number of hydrogen-bond donors (Lipinski definition) is 2. The van der Waals surface area contributed by atoms with Gasteiger partial charge >= 0.3 is 5.69 Å². The Morgan fingerprint density at radius 2 is 1.85 bits per heavy atom. The molecule has 2 aromatic heterocycles. The Morgan fingerprint density at radius 3 is 2.50 bits per heavy atom. The number of thiophene rings is 1. The average Bonchev–Trinajstić information content (AvgIpc) is 3.14. The number of aromatic nitrogens is 2. The molecule has 0 fully saturated rings. The van der Waals surface area contributed by atoms with E-state index in [0.29, 0.717) is 16.3 Å². The molecule has 4 aromatic rings. The Bertz CT molecular complexity index is 1600. The molecule has 2 heterocycles. The molecule has 0 aliphatic carbocycles. The van der Waals surface area contributed by atoms with Crippen LogP contribution in [-0.2, 0) is 22.0 Å². The molecule has 0 saturated heterocycles. The van der Waals surface area contributed by atoms with Crippen LogP contribution in [0.1, 0.15) is 31.9 Å². The molecule has 0 bridgehead atoms. The molecule has 0 atom stereocenters. The highest BCUT2D eigenvalue weighted by Crippen LogP contribution is 2.40. The van der Waals surface area contributed by atoms with Gasteiger partial charge in [-0.15, -0.1) is 11.3 Å². The van der Waals surface area contributed by atoms with Crippen LogP contribution in [0.15, 0.2) is 57.6 Å². The van der Waals surface area contributed by atoms with E-state index in [4.69, 9.17) is 11.6 Å². The molecule has 0 spiro atoms. The van der Waals surface area contributed by atoms with Gasteiger partial charge in [0.05, 0.1) is 17.0 Å². The summed E-state index contributed by atoms with van der Waals surface area (Å²) in [6.07, 6.45) is 2.45. The molecule has 0 radical (unpaired) electrons. The molecule has 0 saturated carbocycles. The van der Waals surface area contributed by atoms with Gasteiger partial charge in [-0.05, 0) is 51.1 Å².